The van der Waals surface area contributed by atoms with Gasteiger partial charge in [0.1, 0.15) is 11.8 Å². The number of ether oxygens (including phenoxy) is 2. The zero-order valence-electron chi connectivity index (χ0n) is 16.4. The standard InChI is InChI=1S/C24H22N4O2/c1-2-4-18-11-19(8-7-17(18)3-1)21-14-28(27-26-21)20-9-5-16(6-10-20)15-29-22-12-25-13-23-24(22)30-23/h1-11,14,22-25H,12-13,15H2/t22-,23-,24+/m1/s1. The van der Waals surface area contributed by atoms with Crippen molar-refractivity contribution in [2.24, 2.45) is 0 Å². The quantitative estimate of drug-likeness (QED) is 0.523. The fourth-order valence-corrected chi connectivity index (χ4v) is 4.10. The minimum absolute atomic E-state index is 0.142. The summed E-state index contributed by atoms with van der Waals surface area (Å²) in [6.07, 6.45) is 2.72. The number of fused-ring (bicyclic) bond motifs is 2. The second-order valence-electron chi connectivity index (χ2n) is 7.92. The minimum Gasteiger partial charge on any atom is -0.369 e. The Labute approximate surface area is 174 Å². The maximum absolute atomic E-state index is 6.04. The normalized spacial score (nSPS) is 22.7. The van der Waals surface area contributed by atoms with E-state index in [-0.39, 0.29) is 12.2 Å². The van der Waals surface area contributed by atoms with Crippen molar-refractivity contribution in [3.8, 4) is 16.9 Å². The third-order valence-electron chi connectivity index (χ3n) is 5.88. The summed E-state index contributed by atoms with van der Waals surface area (Å²) in [6.45, 7) is 2.38. The van der Waals surface area contributed by atoms with Gasteiger partial charge < -0.3 is 14.8 Å². The summed E-state index contributed by atoms with van der Waals surface area (Å²) in [4.78, 5) is 0. The average Bonchev–Trinajstić information content (AvgIpc) is 3.44. The van der Waals surface area contributed by atoms with Gasteiger partial charge in [-0.15, -0.1) is 5.10 Å². The lowest BCUT2D eigenvalue weighted by molar-refractivity contribution is 0.0211. The predicted molar refractivity (Wildman–Crippen MR) is 114 cm³/mol. The molecular weight excluding hydrogens is 376 g/mol. The van der Waals surface area contributed by atoms with E-state index in [0.717, 1.165) is 35.6 Å². The summed E-state index contributed by atoms with van der Waals surface area (Å²) in [5.41, 5.74) is 4.03. The number of epoxide rings is 1. The molecule has 0 bridgehead atoms. The first-order valence-corrected chi connectivity index (χ1v) is 10.3. The molecule has 3 atom stereocenters. The summed E-state index contributed by atoms with van der Waals surface area (Å²) < 4.78 is 13.5. The number of hydrogen-bond acceptors (Lipinski definition) is 5. The molecule has 0 amide bonds. The van der Waals surface area contributed by atoms with E-state index >= 15 is 0 Å². The topological polar surface area (TPSA) is 64.5 Å². The van der Waals surface area contributed by atoms with Gasteiger partial charge in [-0.25, -0.2) is 4.68 Å². The second kappa shape index (κ2) is 7.32. The van der Waals surface area contributed by atoms with Gasteiger partial charge in [-0.05, 0) is 34.5 Å². The highest BCUT2D eigenvalue weighted by molar-refractivity contribution is 5.86. The summed E-state index contributed by atoms with van der Waals surface area (Å²) in [5, 5.41) is 14.5. The summed E-state index contributed by atoms with van der Waals surface area (Å²) in [6, 6.07) is 22.9. The number of rotatable bonds is 5. The van der Waals surface area contributed by atoms with Gasteiger partial charge in [0.25, 0.3) is 0 Å². The molecule has 2 saturated heterocycles. The molecule has 6 heteroatoms. The highest BCUT2D eigenvalue weighted by Crippen LogP contribution is 2.30. The molecular formula is C24H22N4O2. The summed E-state index contributed by atoms with van der Waals surface area (Å²) in [7, 11) is 0. The lowest BCUT2D eigenvalue weighted by atomic mass is 10.1. The minimum atomic E-state index is 0.142. The third kappa shape index (κ3) is 3.39. The van der Waals surface area contributed by atoms with Crippen LogP contribution in [0.1, 0.15) is 5.56 Å². The van der Waals surface area contributed by atoms with Gasteiger partial charge in [0.2, 0.25) is 0 Å². The molecule has 3 aromatic carbocycles. The Kier molecular flexibility index (Phi) is 4.34. The smallest absolute Gasteiger partial charge is 0.113 e. The van der Waals surface area contributed by atoms with Crippen LogP contribution in [0.2, 0.25) is 0 Å². The highest BCUT2D eigenvalue weighted by atomic mass is 16.6. The number of hydrogen-bond donors (Lipinski definition) is 1. The molecule has 1 N–H and O–H groups in total. The number of nitrogens with one attached hydrogen (secondary N) is 1. The highest BCUT2D eigenvalue weighted by Gasteiger charge is 2.48. The number of piperidine rings is 1. The van der Waals surface area contributed by atoms with E-state index in [0.29, 0.717) is 12.7 Å². The Morgan fingerprint density at radius 1 is 1.00 bits per heavy atom. The maximum atomic E-state index is 6.04. The van der Waals surface area contributed by atoms with Crippen molar-refractivity contribution in [1.82, 2.24) is 20.3 Å². The van der Waals surface area contributed by atoms with Crippen LogP contribution in [-0.4, -0.2) is 46.4 Å². The van der Waals surface area contributed by atoms with Crippen LogP contribution in [0.25, 0.3) is 27.7 Å². The molecule has 0 unspecified atom stereocenters. The van der Waals surface area contributed by atoms with Crippen LogP contribution >= 0.6 is 0 Å². The van der Waals surface area contributed by atoms with Crippen molar-refractivity contribution in [2.45, 2.75) is 24.9 Å². The first-order valence-electron chi connectivity index (χ1n) is 10.3. The van der Waals surface area contributed by atoms with Crippen molar-refractivity contribution in [2.75, 3.05) is 13.1 Å². The molecule has 0 radical (unpaired) electrons. The zero-order chi connectivity index (χ0) is 19.9. The lowest BCUT2D eigenvalue weighted by Gasteiger charge is -2.20. The fraction of sp³-hybridized carbons (Fsp3) is 0.250. The first-order chi connectivity index (χ1) is 14.8. The maximum Gasteiger partial charge on any atom is 0.113 e. The van der Waals surface area contributed by atoms with Crippen molar-refractivity contribution in [3.63, 3.8) is 0 Å². The van der Waals surface area contributed by atoms with Gasteiger partial charge >= 0.3 is 0 Å². The molecule has 3 heterocycles. The molecule has 1 aromatic heterocycles. The van der Waals surface area contributed by atoms with E-state index in [2.05, 4.69) is 70.2 Å². The van der Waals surface area contributed by atoms with E-state index in [9.17, 15) is 0 Å². The van der Waals surface area contributed by atoms with Crippen molar-refractivity contribution < 1.29 is 9.47 Å². The van der Waals surface area contributed by atoms with Crippen LogP contribution in [0.5, 0.6) is 0 Å². The Morgan fingerprint density at radius 2 is 1.87 bits per heavy atom. The van der Waals surface area contributed by atoms with Gasteiger partial charge in [0.05, 0.1) is 30.7 Å². The van der Waals surface area contributed by atoms with Crippen LogP contribution in [0.3, 0.4) is 0 Å². The van der Waals surface area contributed by atoms with Crippen molar-refractivity contribution >= 4 is 10.8 Å². The molecule has 2 aliphatic rings. The van der Waals surface area contributed by atoms with E-state index in [1.54, 1.807) is 0 Å². The van der Waals surface area contributed by atoms with Crippen molar-refractivity contribution in [3.05, 3.63) is 78.5 Å². The first kappa shape index (κ1) is 17.8. The van der Waals surface area contributed by atoms with Gasteiger partial charge in [-0.3, -0.25) is 0 Å². The monoisotopic (exact) mass is 398 g/mol. The average molecular weight is 398 g/mol. The second-order valence-corrected chi connectivity index (χ2v) is 7.92. The number of benzene rings is 3. The molecule has 6 nitrogen and oxygen atoms in total. The molecule has 0 aliphatic carbocycles. The largest absolute Gasteiger partial charge is 0.369 e. The molecule has 2 fully saturated rings. The lowest BCUT2D eigenvalue weighted by Crippen LogP contribution is -2.41. The third-order valence-corrected chi connectivity index (χ3v) is 5.88. The van der Waals surface area contributed by atoms with Crippen LogP contribution in [0, 0.1) is 0 Å². The van der Waals surface area contributed by atoms with Crippen LogP contribution in [-0.2, 0) is 16.1 Å². The van der Waals surface area contributed by atoms with E-state index < -0.39 is 0 Å². The molecule has 0 spiro atoms. The molecule has 0 saturated carbocycles. The van der Waals surface area contributed by atoms with E-state index in [4.69, 9.17) is 9.47 Å². The summed E-state index contributed by atoms with van der Waals surface area (Å²) >= 11 is 0. The van der Waals surface area contributed by atoms with Gasteiger partial charge in [-0.1, -0.05) is 53.7 Å². The molecule has 4 aromatic rings. The Balaban J connectivity index is 1.16. The van der Waals surface area contributed by atoms with Gasteiger partial charge in [0.15, 0.2) is 0 Å². The Hall–Kier alpha value is -3.06. The zero-order valence-corrected chi connectivity index (χ0v) is 16.4. The molecule has 150 valence electrons. The van der Waals surface area contributed by atoms with Crippen molar-refractivity contribution in [1.29, 1.82) is 0 Å². The SMILES string of the molecule is c1ccc2cc(-c3cn(-c4ccc(CO[C@@H]5CNC[C@H]6O[C@@H]56)cc4)nn3)ccc2c1. The number of nitrogens with zero attached hydrogens (tertiary/aromatic N) is 3. The Morgan fingerprint density at radius 3 is 2.77 bits per heavy atom. The van der Waals surface area contributed by atoms with Crippen LogP contribution in [0.15, 0.2) is 72.9 Å². The fourth-order valence-electron chi connectivity index (χ4n) is 4.10. The van der Waals surface area contributed by atoms with E-state index in [1.165, 1.54) is 10.8 Å². The van der Waals surface area contributed by atoms with Crippen LogP contribution < -0.4 is 5.32 Å². The number of aromatic nitrogens is 3. The van der Waals surface area contributed by atoms with Gasteiger partial charge in [-0.2, -0.15) is 0 Å². The Bertz CT molecular complexity index is 1190. The van der Waals surface area contributed by atoms with E-state index in [1.807, 2.05) is 23.0 Å². The van der Waals surface area contributed by atoms with Crippen LogP contribution in [0.4, 0.5) is 0 Å². The van der Waals surface area contributed by atoms with Gasteiger partial charge in [0, 0.05) is 18.7 Å². The predicted octanol–water partition coefficient (Wildman–Crippen LogP) is 3.34. The summed E-state index contributed by atoms with van der Waals surface area (Å²) in [5.74, 6) is 0. The molecule has 6 rings (SSSR count). The molecule has 30 heavy (non-hydrogen) atoms. The molecule has 2 aliphatic heterocycles.